The molecule has 1 N–H and O–H groups in total. The van der Waals surface area contributed by atoms with Crippen molar-refractivity contribution in [2.45, 2.75) is 52.9 Å². The number of hydrogen-bond donors (Lipinski definition) is 1. The summed E-state index contributed by atoms with van der Waals surface area (Å²) in [5, 5.41) is 12.1. The van der Waals surface area contributed by atoms with Crippen LogP contribution in [0.2, 0.25) is 0 Å². The first-order valence-corrected chi connectivity index (χ1v) is 11.2. The Labute approximate surface area is 188 Å². The summed E-state index contributed by atoms with van der Waals surface area (Å²) < 4.78 is 18.1. The van der Waals surface area contributed by atoms with Gasteiger partial charge in [0.15, 0.2) is 17.3 Å². The lowest BCUT2D eigenvalue weighted by molar-refractivity contribution is -0.144. The lowest BCUT2D eigenvalue weighted by atomic mass is 10.2. The number of aromatic nitrogens is 4. The van der Waals surface area contributed by atoms with Crippen LogP contribution in [0.25, 0.3) is 16.7 Å². The number of carbonyl (C=O) groups excluding carboxylic acids is 1. The molecular weight excluding hydrogens is 410 g/mol. The average molecular weight is 444 g/mol. The minimum atomic E-state index is -0.121. The molecule has 0 saturated heterocycles. The molecule has 2 aromatic heterocycles. The summed E-state index contributed by atoms with van der Waals surface area (Å²) in [5.74, 6) is 3.01. The minimum Gasteiger partial charge on any atom is -0.493 e. The Hall–Kier alpha value is -3.10. The van der Waals surface area contributed by atoms with Gasteiger partial charge >= 0.3 is 5.97 Å². The van der Waals surface area contributed by atoms with Crippen LogP contribution in [0.4, 0.5) is 5.82 Å². The summed E-state index contributed by atoms with van der Waals surface area (Å²) >= 11 is 0. The summed E-state index contributed by atoms with van der Waals surface area (Å²) in [5.41, 5.74) is 2.31. The molecule has 3 rings (SSSR count). The first-order chi connectivity index (χ1) is 15.5. The SMILES string of the molecule is CCc1nnc2c(NCCCCCC(=O)OCC(C)C)nc3cc(OC)c(OC)cc3n12. The van der Waals surface area contributed by atoms with Crippen LogP contribution in [0.3, 0.4) is 0 Å². The van der Waals surface area contributed by atoms with E-state index in [0.717, 1.165) is 49.1 Å². The van der Waals surface area contributed by atoms with Gasteiger partial charge < -0.3 is 19.5 Å². The number of nitrogens with one attached hydrogen (secondary N) is 1. The van der Waals surface area contributed by atoms with Gasteiger partial charge in [0.25, 0.3) is 0 Å². The standard InChI is InChI=1S/C23H33N5O4/c1-6-20-26-27-23-22(24-11-9-7-8-10-21(29)32-14-15(2)3)25-16-12-18(30-4)19(31-5)13-17(16)28(20)23/h12-13,15H,6-11,14H2,1-5H3,(H,24,25). The second-order valence-electron chi connectivity index (χ2n) is 8.10. The van der Waals surface area contributed by atoms with Crippen molar-refractivity contribution in [1.29, 1.82) is 0 Å². The fraction of sp³-hybridized carbons (Fsp3) is 0.565. The summed E-state index contributed by atoms with van der Waals surface area (Å²) in [6.07, 6.45) is 3.83. The third-order valence-electron chi connectivity index (χ3n) is 5.14. The zero-order valence-corrected chi connectivity index (χ0v) is 19.6. The Morgan fingerprint density at radius 1 is 1.09 bits per heavy atom. The van der Waals surface area contributed by atoms with Crippen LogP contribution >= 0.6 is 0 Å². The quantitative estimate of drug-likeness (QED) is 0.331. The number of benzene rings is 1. The molecule has 0 fully saturated rings. The van der Waals surface area contributed by atoms with Gasteiger partial charge in [-0.2, -0.15) is 0 Å². The molecule has 0 amide bonds. The highest BCUT2D eigenvalue weighted by Gasteiger charge is 2.17. The highest BCUT2D eigenvalue weighted by Crippen LogP contribution is 2.33. The number of rotatable bonds is 12. The molecule has 0 saturated carbocycles. The van der Waals surface area contributed by atoms with Gasteiger partial charge in [-0.15, -0.1) is 10.2 Å². The van der Waals surface area contributed by atoms with Gasteiger partial charge in [-0.05, 0) is 18.8 Å². The van der Waals surface area contributed by atoms with Crippen molar-refractivity contribution < 1.29 is 19.0 Å². The lowest BCUT2D eigenvalue weighted by Gasteiger charge is -2.13. The number of carbonyl (C=O) groups is 1. The molecule has 0 aliphatic carbocycles. The number of hydrogen-bond acceptors (Lipinski definition) is 8. The number of ether oxygens (including phenoxy) is 3. The zero-order chi connectivity index (χ0) is 23.1. The average Bonchev–Trinajstić information content (AvgIpc) is 3.23. The van der Waals surface area contributed by atoms with E-state index in [1.807, 2.05) is 37.3 Å². The van der Waals surface area contributed by atoms with Crippen LogP contribution in [-0.2, 0) is 16.0 Å². The third-order valence-corrected chi connectivity index (χ3v) is 5.14. The molecule has 0 unspecified atom stereocenters. The lowest BCUT2D eigenvalue weighted by Crippen LogP contribution is -2.10. The summed E-state index contributed by atoms with van der Waals surface area (Å²) in [6.45, 7) is 7.31. The van der Waals surface area contributed by atoms with Crippen LogP contribution in [0.15, 0.2) is 12.1 Å². The van der Waals surface area contributed by atoms with E-state index < -0.39 is 0 Å². The summed E-state index contributed by atoms with van der Waals surface area (Å²) in [7, 11) is 3.22. The Bertz CT molecular complexity index is 1060. The molecule has 1 aromatic carbocycles. The van der Waals surface area contributed by atoms with Crippen LogP contribution < -0.4 is 14.8 Å². The number of aryl methyl sites for hydroxylation is 1. The van der Waals surface area contributed by atoms with Crippen molar-refractivity contribution in [3.05, 3.63) is 18.0 Å². The fourth-order valence-electron chi connectivity index (χ4n) is 3.48. The van der Waals surface area contributed by atoms with Crippen LogP contribution in [0, 0.1) is 5.92 Å². The molecule has 2 heterocycles. The Morgan fingerprint density at radius 3 is 2.53 bits per heavy atom. The van der Waals surface area contributed by atoms with Crippen molar-refractivity contribution >= 4 is 28.5 Å². The second-order valence-corrected chi connectivity index (χ2v) is 8.10. The molecule has 9 nitrogen and oxygen atoms in total. The van der Waals surface area contributed by atoms with Gasteiger partial charge in [-0.25, -0.2) is 4.98 Å². The van der Waals surface area contributed by atoms with Crippen LogP contribution in [0.5, 0.6) is 11.5 Å². The molecule has 174 valence electrons. The van der Waals surface area contributed by atoms with E-state index >= 15 is 0 Å². The Balaban J connectivity index is 1.70. The van der Waals surface area contributed by atoms with Gasteiger partial charge in [0.1, 0.15) is 5.82 Å². The monoisotopic (exact) mass is 443 g/mol. The first-order valence-electron chi connectivity index (χ1n) is 11.2. The highest BCUT2D eigenvalue weighted by atomic mass is 16.5. The predicted molar refractivity (Wildman–Crippen MR) is 124 cm³/mol. The van der Waals surface area contributed by atoms with E-state index in [-0.39, 0.29) is 5.97 Å². The van der Waals surface area contributed by atoms with Crippen molar-refractivity contribution in [2.24, 2.45) is 5.92 Å². The Morgan fingerprint density at radius 2 is 1.84 bits per heavy atom. The highest BCUT2D eigenvalue weighted by molar-refractivity contribution is 5.85. The number of nitrogens with zero attached hydrogens (tertiary/aromatic N) is 4. The van der Waals surface area contributed by atoms with Gasteiger partial charge in [0.05, 0.1) is 31.9 Å². The third kappa shape index (κ3) is 5.38. The number of esters is 1. The molecular formula is C23H33N5O4. The van der Waals surface area contributed by atoms with E-state index in [0.29, 0.717) is 41.9 Å². The van der Waals surface area contributed by atoms with Crippen molar-refractivity contribution in [1.82, 2.24) is 19.6 Å². The largest absolute Gasteiger partial charge is 0.493 e. The molecule has 0 aliphatic heterocycles. The van der Waals surface area contributed by atoms with Gasteiger partial charge in [0.2, 0.25) is 5.65 Å². The molecule has 0 aliphatic rings. The first kappa shape index (κ1) is 23.6. The van der Waals surface area contributed by atoms with Crippen molar-refractivity contribution in [3.8, 4) is 11.5 Å². The minimum absolute atomic E-state index is 0.121. The van der Waals surface area contributed by atoms with E-state index in [9.17, 15) is 4.79 Å². The molecule has 0 bridgehead atoms. The zero-order valence-electron chi connectivity index (χ0n) is 19.6. The topological polar surface area (TPSA) is 99.9 Å². The molecule has 0 spiro atoms. The summed E-state index contributed by atoms with van der Waals surface area (Å²) in [4.78, 5) is 16.5. The maximum Gasteiger partial charge on any atom is 0.305 e. The number of unbranched alkanes of at least 4 members (excludes halogenated alkanes) is 2. The van der Waals surface area contributed by atoms with E-state index in [2.05, 4.69) is 15.5 Å². The molecule has 3 aromatic rings. The van der Waals surface area contributed by atoms with Crippen LogP contribution in [-0.4, -0.2) is 52.9 Å². The molecule has 9 heteroatoms. The molecule has 32 heavy (non-hydrogen) atoms. The van der Waals surface area contributed by atoms with Gasteiger partial charge in [-0.1, -0.05) is 27.2 Å². The van der Waals surface area contributed by atoms with Crippen molar-refractivity contribution in [2.75, 3.05) is 32.7 Å². The second kappa shape index (κ2) is 11.0. The Kier molecular flexibility index (Phi) is 8.08. The van der Waals surface area contributed by atoms with Gasteiger partial charge in [0, 0.05) is 31.5 Å². The van der Waals surface area contributed by atoms with E-state index in [1.54, 1.807) is 14.2 Å². The maximum absolute atomic E-state index is 11.7. The van der Waals surface area contributed by atoms with E-state index in [1.165, 1.54) is 0 Å². The summed E-state index contributed by atoms with van der Waals surface area (Å²) in [6, 6.07) is 3.76. The number of fused-ring (bicyclic) bond motifs is 3. The van der Waals surface area contributed by atoms with Crippen LogP contribution in [0.1, 0.15) is 52.3 Å². The smallest absolute Gasteiger partial charge is 0.305 e. The van der Waals surface area contributed by atoms with Crippen molar-refractivity contribution in [3.63, 3.8) is 0 Å². The number of anilines is 1. The molecule has 0 radical (unpaired) electrons. The normalized spacial score (nSPS) is 11.3. The maximum atomic E-state index is 11.7. The number of methoxy groups -OCH3 is 2. The van der Waals surface area contributed by atoms with Gasteiger partial charge in [-0.3, -0.25) is 9.20 Å². The van der Waals surface area contributed by atoms with E-state index in [4.69, 9.17) is 19.2 Å². The molecule has 0 atom stereocenters. The fourth-order valence-corrected chi connectivity index (χ4v) is 3.48. The predicted octanol–water partition coefficient (Wildman–Crippen LogP) is 4.03.